The Hall–Kier alpha value is -3.89. The van der Waals surface area contributed by atoms with Crippen LogP contribution in [-0.2, 0) is 27.8 Å². The number of carbonyl (C=O) groups excluding carboxylic acids is 1. The Balaban J connectivity index is 0.000000707. The maximum absolute atomic E-state index is 14.0. The Kier molecular flexibility index (Phi) is 11.4. The molecular formula is C28H23ClF8N2O5S. The highest BCUT2D eigenvalue weighted by molar-refractivity contribution is 7.90. The Labute approximate surface area is 256 Å². The van der Waals surface area contributed by atoms with Gasteiger partial charge in [0.15, 0.2) is 6.61 Å². The van der Waals surface area contributed by atoms with E-state index in [1.54, 1.807) is 18.2 Å². The van der Waals surface area contributed by atoms with Crippen molar-refractivity contribution < 1.29 is 63.5 Å². The molecule has 0 saturated carbocycles. The van der Waals surface area contributed by atoms with E-state index in [9.17, 15) is 43.5 Å². The zero-order chi connectivity index (χ0) is 33.6. The van der Waals surface area contributed by atoms with Crippen LogP contribution in [0.1, 0.15) is 11.1 Å². The second kappa shape index (κ2) is 14.5. The topological polar surface area (TPSA) is 105 Å². The number of alkyl halides is 7. The van der Waals surface area contributed by atoms with Crippen LogP contribution < -0.4 is 15.2 Å². The lowest BCUT2D eigenvalue weighted by molar-refractivity contribution is -0.670. The van der Waals surface area contributed by atoms with E-state index in [1.807, 2.05) is 5.32 Å². The fourth-order valence-corrected chi connectivity index (χ4v) is 5.59. The number of halogens is 9. The monoisotopic (exact) mass is 686 g/mol. The Morgan fingerprint density at radius 1 is 1.00 bits per heavy atom. The zero-order valence-corrected chi connectivity index (χ0v) is 24.3. The van der Waals surface area contributed by atoms with E-state index in [-0.39, 0.29) is 21.2 Å². The molecular weight excluding hydrogens is 664 g/mol. The number of fused-ring (bicyclic) bond motifs is 1. The van der Waals surface area contributed by atoms with Gasteiger partial charge in [-0.1, -0.05) is 29.8 Å². The first kappa shape index (κ1) is 35.6. The smallest absolute Gasteiger partial charge is 0.430 e. The molecule has 0 aliphatic heterocycles. The van der Waals surface area contributed by atoms with Crippen molar-refractivity contribution in [2.75, 3.05) is 13.2 Å². The molecule has 0 aliphatic carbocycles. The summed E-state index contributed by atoms with van der Waals surface area (Å²) in [7, 11) is -4.04. The highest BCUT2D eigenvalue weighted by atomic mass is 35.5. The minimum atomic E-state index is -5.19. The highest BCUT2D eigenvalue weighted by Gasteiger charge is 2.41. The summed E-state index contributed by atoms with van der Waals surface area (Å²) in [5.74, 6) is -7.78. The van der Waals surface area contributed by atoms with E-state index < -0.39 is 46.9 Å². The summed E-state index contributed by atoms with van der Waals surface area (Å²) in [4.78, 5) is 8.75. The Morgan fingerprint density at radius 3 is 2.29 bits per heavy atom. The molecule has 2 N–H and O–H groups in total. The number of quaternary nitrogens is 1. The molecule has 45 heavy (non-hydrogen) atoms. The lowest BCUT2D eigenvalue weighted by Gasteiger charge is -2.16. The van der Waals surface area contributed by atoms with Gasteiger partial charge in [-0.05, 0) is 54.1 Å². The molecule has 0 bridgehead atoms. The first-order chi connectivity index (χ1) is 20.9. The number of rotatable bonds is 11. The molecule has 0 amide bonds. The molecule has 17 heteroatoms. The van der Waals surface area contributed by atoms with Gasteiger partial charge < -0.3 is 20.0 Å². The fourth-order valence-electron chi connectivity index (χ4n) is 3.91. The number of carboxylic acid groups (broad SMARTS) is 1. The first-order valence-electron chi connectivity index (χ1n) is 12.7. The van der Waals surface area contributed by atoms with E-state index in [0.29, 0.717) is 30.5 Å². The van der Waals surface area contributed by atoms with Gasteiger partial charge in [0.2, 0.25) is 0 Å². The average Bonchev–Trinajstić information content (AvgIpc) is 3.32. The van der Waals surface area contributed by atoms with Gasteiger partial charge in [-0.2, -0.15) is 22.0 Å². The zero-order valence-electron chi connectivity index (χ0n) is 22.7. The van der Waals surface area contributed by atoms with Crippen molar-refractivity contribution in [3.63, 3.8) is 0 Å². The number of nitrogens with two attached hydrogens (primary N) is 1. The van der Waals surface area contributed by atoms with Crippen LogP contribution in [0.25, 0.3) is 10.9 Å². The summed E-state index contributed by atoms with van der Waals surface area (Å²) >= 11 is 5.97. The summed E-state index contributed by atoms with van der Waals surface area (Å²) in [5, 5.41) is 11.5. The van der Waals surface area contributed by atoms with E-state index >= 15 is 0 Å². The predicted octanol–water partition coefficient (Wildman–Crippen LogP) is 4.55. The molecule has 4 aromatic rings. The molecule has 3 aromatic carbocycles. The Bertz CT molecular complexity index is 1750. The van der Waals surface area contributed by atoms with Crippen molar-refractivity contribution in [2.45, 2.75) is 36.4 Å². The number of ether oxygens (including phenoxy) is 1. The number of aliphatic carboxylic acids is 1. The van der Waals surface area contributed by atoms with Crippen molar-refractivity contribution in [3.05, 3.63) is 94.9 Å². The van der Waals surface area contributed by atoms with Gasteiger partial charge >= 0.3 is 18.5 Å². The number of hydrogen-bond donors (Lipinski definition) is 1. The average molecular weight is 687 g/mol. The van der Waals surface area contributed by atoms with Crippen LogP contribution in [0.5, 0.6) is 5.75 Å². The van der Waals surface area contributed by atoms with Gasteiger partial charge in [-0.3, -0.25) is 0 Å². The summed E-state index contributed by atoms with van der Waals surface area (Å²) in [6, 6.07) is 15.9. The number of carbonyl (C=O) groups is 1. The normalized spacial score (nSPS) is 12.2. The van der Waals surface area contributed by atoms with Crippen LogP contribution in [0.2, 0.25) is 5.02 Å². The predicted molar refractivity (Wildman–Crippen MR) is 144 cm³/mol. The minimum Gasteiger partial charge on any atom is -0.542 e. The third-order valence-corrected chi connectivity index (χ3v) is 7.95. The molecule has 0 unspecified atom stereocenters. The van der Waals surface area contributed by atoms with Gasteiger partial charge in [-0.25, -0.2) is 25.6 Å². The second-order valence-electron chi connectivity index (χ2n) is 9.39. The quantitative estimate of drug-likeness (QED) is 0.184. The number of hydrogen-bond acceptors (Lipinski definition) is 5. The molecule has 0 spiro atoms. The number of carboxylic acids is 1. The summed E-state index contributed by atoms with van der Waals surface area (Å²) in [6.07, 6.45) is -7.11. The van der Waals surface area contributed by atoms with Gasteiger partial charge in [0.25, 0.3) is 10.0 Å². The van der Waals surface area contributed by atoms with Crippen LogP contribution in [0.3, 0.4) is 0 Å². The molecule has 0 fully saturated rings. The maximum Gasteiger partial charge on any atom is 0.430 e. The number of nitrogens with zero attached hydrogens (tertiary/aromatic N) is 1. The van der Waals surface area contributed by atoms with E-state index in [0.717, 1.165) is 15.6 Å². The van der Waals surface area contributed by atoms with Crippen LogP contribution in [0, 0.1) is 5.82 Å². The van der Waals surface area contributed by atoms with Crippen molar-refractivity contribution in [3.8, 4) is 5.75 Å². The lowest BCUT2D eigenvalue weighted by atomic mass is 10.1. The number of benzene rings is 3. The molecule has 1 aromatic heterocycles. The van der Waals surface area contributed by atoms with Crippen molar-refractivity contribution in [2.24, 2.45) is 0 Å². The second-order valence-corrected chi connectivity index (χ2v) is 11.6. The van der Waals surface area contributed by atoms with Gasteiger partial charge in [0.1, 0.15) is 24.1 Å². The molecule has 0 atom stereocenters. The minimum absolute atomic E-state index is 0.0299. The first-order valence-corrected chi connectivity index (χ1v) is 14.5. The summed E-state index contributed by atoms with van der Waals surface area (Å²) in [5.41, 5.74) is 1.61. The highest BCUT2D eigenvalue weighted by Crippen LogP contribution is 2.28. The van der Waals surface area contributed by atoms with E-state index in [1.165, 1.54) is 48.7 Å². The van der Waals surface area contributed by atoms with Gasteiger partial charge in [0, 0.05) is 28.6 Å². The lowest BCUT2D eigenvalue weighted by Crippen LogP contribution is -2.83. The molecule has 0 saturated heterocycles. The molecule has 244 valence electrons. The standard InChI is InChI=1S/C26H22ClF5N2O3S.C2HF3O2/c27-19-4-2-6-22(12-19)38(35,36)34-15-18(23-8-7-20(28)13-24(23)34)9-10-33-14-17-3-1-5-21(11-17)37-16-26(31,32)25(29)30;3-2(4,5)1(6)7/h1-8,11-13,15,25,33H,9-10,14,16H2;(H,6,7). The molecule has 1 heterocycles. The molecule has 0 aliphatic rings. The van der Waals surface area contributed by atoms with Crippen LogP contribution in [0.4, 0.5) is 35.1 Å². The third-order valence-electron chi connectivity index (χ3n) is 6.05. The summed E-state index contributed by atoms with van der Waals surface area (Å²) < 4.78 is 129. The van der Waals surface area contributed by atoms with Gasteiger partial charge in [-0.15, -0.1) is 0 Å². The molecule has 7 nitrogen and oxygen atoms in total. The van der Waals surface area contributed by atoms with E-state index in [2.05, 4.69) is 0 Å². The SMILES string of the molecule is O=C([O-])C(F)(F)F.O=S(=O)(c1cccc(Cl)c1)n1cc(CC[NH2+]Cc2cccc(OCC(F)(F)C(F)F)c2)c2ccc(F)cc21. The third kappa shape index (κ3) is 9.55. The van der Waals surface area contributed by atoms with Crippen LogP contribution in [-0.4, -0.2) is 50.0 Å². The van der Waals surface area contributed by atoms with Crippen molar-refractivity contribution in [1.29, 1.82) is 0 Å². The molecule has 4 rings (SSSR count). The van der Waals surface area contributed by atoms with Crippen molar-refractivity contribution >= 4 is 38.5 Å². The van der Waals surface area contributed by atoms with Crippen LogP contribution >= 0.6 is 11.6 Å². The van der Waals surface area contributed by atoms with Crippen molar-refractivity contribution in [1.82, 2.24) is 3.97 Å². The number of aromatic nitrogens is 1. The Morgan fingerprint density at radius 2 is 1.67 bits per heavy atom. The van der Waals surface area contributed by atoms with Gasteiger partial charge in [0.05, 0.1) is 17.0 Å². The molecule has 0 radical (unpaired) electrons. The maximum atomic E-state index is 14.0. The van der Waals surface area contributed by atoms with Crippen LogP contribution in [0.15, 0.2) is 77.8 Å². The van der Waals surface area contributed by atoms with E-state index in [4.69, 9.17) is 26.2 Å². The fraction of sp³-hybridized carbons (Fsp3) is 0.250. The largest absolute Gasteiger partial charge is 0.542 e. The summed E-state index contributed by atoms with van der Waals surface area (Å²) in [6.45, 7) is -0.487.